The van der Waals surface area contributed by atoms with Gasteiger partial charge in [0.25, 0.3) is 0 Å². The van der Waals surface area contributed by atoms with Crippen LogP contribution in [0, 0.1) is 6.92 Å². The van der Waals surface area contributed by atoms with Gasteiger partial charge in [0.15, 0.2) is 5.17 Å². The Morgan fingerprint density at radius 2 is 1.91 bits per heavy atom. The second-order valence-corrected chi connectivity index (χ2v) is 9.55. The Kier molecular flexibility index (Phi) is 7.76. The van der Waals surface area contributed by atoms with Gasteiger partial charge in [0.1, 0.15) is 0 Å². The van der Waals surface area contributed by atoms with Gasteiger partial charge in [0, 0.05) is 17.3 Å². The Bertz CT molecular complexity index is 1200. The number of amides is 1. The molecule has 2 aromatic carbocycles. The van der Waals surface area contributed by atoms with Crippen LogP contribution in [-0.2, 0) is 14.3 Å². The highest BCUT2D eigenvalue weighted by Crippen LogP contribution is 2.47. The minimum atomic E-state index is -0.464. The number of thioether (sulfide) groups is 1. The zero-order valence-corrected chi connectivity index (χ0v) is 21.4. The summed E-state index contributed by atoms with van der Waals surface area (Å²) < 4.78 is 5.55. The van der Waals surface area contributed by atoms with Gasteiger partial charge in [-0.15, -0.1) is 0 Å². The number of fused-ring (bicyclic) bond motifs is 1. The molecule has 0 saturated carbocycles. The molecule has 0 aromatic heterocycles. The maximum absolute atomic E-state index is 13.5. The minimum Gasteiger partial charge on any atom is -0.463 e. The van der Waals surface area contributed by atoms with E-state index in [4.69, 9.17) is 9.73 Å². The number of ether oxygens (including phenoxy) is 1. The van der Waals surface area contributed by atoms with E-state index in [9.17, 15) is 9.59 Å². The summed E-state index contributed by atoms with van der Waals surface area (Å²) in [5.74, 6) is -0.452. The number of aliphatic imine (C=N–C) groups is 1. The SMILES string of the molecule is CCOC(=O)C1=C(c2ccccc2)N=C2SC=C(CC(=O)NC(C)CC)N2C1c1cccc(C)c1. The smallest absolute Gasteiger partial charge is 0.338 e. The number of hydrogen-bond acceptors (Lipinski definition) is 6. The van der Waals surface area contributed by atoms with Crippen molar-refractivity contribution in [2.75, 3.05) is 6.61 Å². The number of esters is 1. The van der Waals surface area contributed by atoms with Crippen LogP contribution >= 0.6 is 11.8 Å². The van der Waals surface area contributed by atoms with Crippen molar-refractivity contribution in [1.29, 1.82) is 0 Å². The van der Waals surface area contributed by atoms with Crippen LogP contribution in [0.15, 0.2) is 76.3 Å². The lowest BCUT2D eigenvalue weighted by atomic mass is 9.90. The first-order valence-corrected chi connectivity index (χ1v) is 12.9. The molecule has 2 aliphatic heterocycles. The van der Waals surface area contributed by atoms with Crippen LogP contribution in [0.3, 0.4) is 0 Å². The molecular formula is C28H31N3O3S. The Balaban J connectivity index is 1.84. The van der Waals surface area contributed by atoms with Gasteiger partial charge >= 0.3 is 5.97 Å². The van der Waals surface area contributed by atoms with Crippen LogP contribution in [-0.4, -0.2) is 34.6 Å². The first-order chi connectivity index (χ1) is 16.9. The fourth-order valence-corrected chi connectivity index (χ4v) is 5.16. The van der Waals surface area contributed by atoms with Gasteiger partial charge < -0.3 is 15.0 Å². The van der Waals surface area contributed by atoms with Crippen molar-refractivity contribution in [2.24, 2.45) is 4.99 Å². The van der Waals surface area contributed by atoms with Gasteiger partial charge in [-0.3, -0.25) is 4.79 Å². The number of aryl methyl sites for hydroxylation is 1. The molecule has 0 spiro atoms. The largest absolute Gasteiger partial charge is 0.463 e. The molecule has 0 aliphatic carbocycles. The molecule has 0 bridgehead atoms. The number of nitrogens with zero attached hydrogens (tertiary/aromatic N) is 2. The zero-order valence-electron chi connectivity index (χ0n) is 20.6. The number of amidine groups is 1. The number of carbonyl (C=O) groups excluding carboxylic acids is 2. The normalized spacial score (nSPS) is 17.9. The first-order valence-electron chi connectivity index (χ1n) is 12.0. The maximum atomic E-state index is 13.5. The summed E-state index contributed by atoms with van der Waals surface area (Å²) in [4.78, 5) is 33.2. The van der Waals surface area contributed by atoms with E-state index in [0.29, 0.717) is 11.3 Å². The molecule has 2 unspecified atom stereocenters. The maximum Gasteiger partial charge on any atom is 0.338 e. The van der Waals surface area contributed by atoms with Crippen molar-refractivity contribution in [3.8, 4) is 0 Å². The summed E-state index contributed by atoms with van der Waals surface area (Å²) in [5.41, 5.74) is 4.78. The summed E-state index contributed by atoms with van der Waals surface area (Å²) in [6.45, 7) is 8.13. The lowest BCUT2D eigenvalue weighted by Gasteiger charge is -2.37. The number of hydrogen-bond donors (Lipinski definition) is 1. The van der Waals surface area contributed by atoms with Crippen LogP contribution in [0.4, 0.5) is 0 Å². The highest BCUT2D eigenvalue weighted by Gasteiger charge is 2.42. The van der Waals surface area contributed by atoms with Crippen LogP contribution in [0.1, 0.15) is 56.3 Å². The summed E-state index contributed by atoms with van der Waals surface area (Å²) >= 11 is 1.48. The van der Waals surface area contributed by atoms with E-state index in [2.05, 4.69) is 11.4 Å². The van der Waals surface area contributed by atoms with Gasteiger partial charge in [-0.25, -0.2) is 9.79 Å². The molecule has 182 valence electrons. The molecule has 0 fully saturated rings. The van der Waals surface area contributed by atoms with Crippen molar-refractivity contribution in [3.05, 3.63) is 88.0 Å². The fraction of sp³-hybridized carbons (Fsp3) is 0.321. The quantitative estimate of drug-likeness (QED) is 0.491. The summed E-state index contributed by atoms with van der Waals surface area (Å²) in [5, 5.41) is 5.76. The Morgan fingerprint density at radius 3 is 2.60 bits per heavy atom. The van der Waals surface area contributed by atoms with Gasteiger partial charge in [-0.05, 0) is 38.2 Å². The van der Waals surface area contributed by atoms with E-state index >= 15 is 0 Å². The Morgan fingerprint density at radius 1 is 1.14 bits per heavy atom. The molecular weight excluding hydrogens is 458 g/mol. The minimum absolute atomic E-state index is 0.0500. The number of rotatable bonds is 8. The fourth-order valence-electron chi connectivity index (χ4n) is 4.24. The second kappa shape index (κ2) is 11.0. The molecule has 2 atom stereocenters. The third-order valence-corrected chi connectivity index (χ3v) is 6.96. The molecule has 6 nitrogen and oxygen atoms in total. The van der Waals surface area contributed by atoms with Crippen LogP contribution in [0.2, 0.25) is 0 Å². The van der Waals surface area contributed by atoms with E-state index in [1.807, 2.05) is 79.6 Å². The van der Waals surface area contributed by atoms with E-state index in [1.165, 1.54) is 11.8 Å². The van der Waals surface area contributed by atoms with Crippen LogP contribution in [0.25, 0.3) is 5.70 Å². The van der Waals surface area contributed by atoms with Gasteiger partial charge in [0.05, 0.1) is 30.3 Å². The average molecular weight is 490 g/mol. The predicted octanol–water partition coefficient (Wildman–Crippen LogP) is 5.58. The van der Waals surface area contributed by atoms with E-state index < -0.39 is 12.0 Å². The first kappa shape index (κ1) is 24.8. The summed E-state index contributed by atoms with van der Waals surface area (Å²) in [6, 6.07) is 17.5. The molecule has 2 aliphatic rings. The van der Waals surface area contributed by atoms with Gasteiger partial charge in [-0.1, -0.05) is 78.8 Å². The van der Waals surface area contributed by atoms with Crippen molar-refractivity contribution >= 4 is 34.5 Å². The molecule has 35 heavy (non-hydrogen) atoms. The van der Waals surface area contributed by atoms with Crippen molar-refractivity contribution in [1.82, 2.24) is 10.2 Å². The number of carbonyl (C=O) groups is 2. The van der Waals surface area contributed by atoms with Crippen LogP contribution < -0.4 is 5.32 Å². The molecule has 2 heterocycles. The molecule has 4 rings (SSSR count). The molecule has 2 aromatic rings. The van der Waals surface area contributed by atoms with E-state index in [-0.39, 0.29) is 25.0 Å². The van der Waals surface area contributed by atoms with Crippen LogP contribution in [0.5, 0.6) is 0 Å². The third-order valence-electron chi connectivity index (χ3n) is 6.07. The van der Waals surface area contributed by atoms with Crippen molar-refractivity contribution in [3.63, 3.8) is 0 Å². The Labute approximate surface area is 211 Å². The zero-order chi connectivity index (χ0) is 24.9. The summed E-state index contributed by atoms with van der Waals surface area (Å²) in [7, 11) is 0. The number of benzene rings is 2. The molecule has 1 N–H and O–H groups in total. The highest BCUT2D eigenvalue weighted by molar-refractivity contribution is 8.16. The molecule has 0 saturated heterocycles. The topological polar surface area (TPSA) is 71.0 Å². The Hall–Kier alpha value is -3.32. The highest BCUT2D eigenvalue weighted by atomic mass is 32.2. The standard InChI is InChI=1S/C28H31N3O3S/c1-5-19(4)29-23(32)16-22-17-35-28-30-25(20-12-8-7-9-13-20)24(27(33)34-6-2)26(31(22)28)21-14-10-11-18(3)15-21/h7-15,17,19,26H,5-6,16H2,1-4H3,(H,29,32). The van der Waals surface area contributed by atoms with Crippen molar-refractivity contribution < 1.29 is 14.3 Å². The predicted molar refractivity (Wildman–Crippen MR) is 141 cm³/mol. The molecule has 1 amide bonds. The monoisotopic (exact) mass is 489 g/mol. The lowest BCUT2D eigenvalue weighted by molar-refractivity contribution is -0.139. The molecule has 7 heteroatoms. The summed E-state index contributed by atoms with van der Waals surface area (Å²) in [6.07, 6.45) is 1.06. The lowest BCUT2D eigenvalue weighted by Crippen LogP contribution is -2.39. The van der Waals surface area contributed by atoms with E-state index in [0.717, 1.165) is 34.0 Å². The van der Waals surface area contributed by atoms with Gasteiger partial charge in [0.2, 0.25) is 5.91 Å². The van der Waals surface area contributed by atoms with Crippen molar-refractivity contribution in [2.45, 2.75) is 52.6 Å². The number of nitrogens with one attached hydrogen (secondary N) is 1. The second-order valence-electron chi connectivity index (χ2n) is 8.71. The average Bonchev–Trinajstić information content (AvgIpc) is 3.25. The molecule has 0 radical (unpaired) electrons. The van der Waals surface area contributed by atoms with E-state index in [1.54, 1.807) is 6.92 Å². The third kappa shape index (κ3) is 5.35. The van der Waals surface area contributed by atoms with Gasteiger partial charge in [-0.2, -0.15) is 0 Å².